The van der Waals surface area contributed by atoms with Crippen LogP contribution in [0.25, 0.3) is 11.1 Å². The van der Waals surface area contributed by atoms with Crippen LogP contribution >= 0.6 is 0 Å². The third kappa shape index (κ3) is 2.56. The van der Waals surface area contributed by atoms with Gasteiger partial charge in [0.2, 0.25) is 0 Å². The molecule has 4 heteroatoms. The third-order valence-electron chi connectivity index (χ3n) is 4.18. The smallest absolute Gasteiger partial charge is 0.255 e. The Labute approximate surface area is 137 Å². The highest BCUT2D eigenvalue weighted by Gasteiger charge is 2.18. The van der Waals surface area contributed by atoms with Crippen molar-refractivity contribution in [2.24, 2.45) is 0 Å². The molecule has 4 rings (SSSR count). The highest BCUT2D eigenvalue weighted by Crippen LogP contribution is 2.37. The molecule has 3 aromatic carbocycles. The minimum absolute atomic E-state index is 0.0451. The Kier molecular flexibility index (Phi) is 3.38. The Balaban J connectivity index is 1.60. The van der Waals surface area contributed by atoms with Gasteiger partial charge in [-0.15, -0.1) is 0 Å². The molecule has 1 N–H and O–H groups in total. The fourth-order valence-electron chi connectivity index (χ4n) is 3.11. The van der Waals surface area contributed by atoms with Gasteiger partial charge in [0.15, 0.2) is 0 Å². The van der Waals surface area contributed by atoms with Crippen molar-refractivity contribution < 1.29 is 13.6 Å². The number of carbonyl (C=O) groups is 1. The van der Waals surface area contributed by atoms with E-state index in [0.717, 1.165) is 35.7 Å². The second-order valence-corrected chi connectivity index (χ2v) is 5.82. The fraction of sp³-hybridized carbons (Fsp3) is 0.0500. The highest BCUT2D eigenvalue weighted by molar-refractivity contribution is 6.04. The first-order chi connectivity index (χ1) is 11.6. The molecule has 0 saturated carbocycles. The predicted molar refractivity (Wildman–Crippen MR) is 89.0 cm³/mol. The highest BCUT2D eigenvalue weighted by atomic mass is 19.1. The van der Waals surface area contributed by atoms with E-state index in [1.807, 2.05) is 24.3 Å². The van der Waals surface area contributed by atoms with Crippen LogP contribution < -0.4 is 5.32 Å². The minimum atomic E-state index is -0.774. The normalized spacial score (nSPS) is 11.8. The van der Waals surface area contributed by atoms with Gasteiger partial charge in [-0.05, 0) is 52.9 Å². The average molecular weight is 321 g/mol. The lowest BCUT2D eigenvalue weighted by Gasteiger charge is -2.08. The molecule has 0 spiro atoms. The predicted octanol–water partition coefficient (Wildman–Crippen LogP) is 4.79. The summed E-state index contributed by atoms with van der Waals surface area (Å²) in [6.07, 6.45) is 0.809. The summed E-state index contributed by atoms with van der Waals surface area (Å²) in [7, 11) is 0. The Bertz CT molecular complexity index is 945. The lowest BCUT2D eigenvalue weighted by Crippen LogP contribution is -2.12. The molecule has 1 aliphatic rings. The second kappa shape index (κ2) is 5.57. The van der Waals surface area contributed by atoms with Gasteiger partial charge in [0.05, 0.1) is 0 Å². The van der Waals surface area contributed by atoms with Crippen LogP contribution in [-0.4, -0.2) is 5.91 Å². The number of carbonyl (C=O) groups excluding carboxylic acids is 1. The molecule has 0 unspecified atom stereocenters. The minimum Gasteiger partial charge on any atom is -0.322 e. The van der Waals surface area contributed by atoms with Crippen molar-refractivity contribution in [2.45, 2.75) is 6.42 Å². The van der Waals surface area contributed by atoms with Gasteiger partial charge in [0.1, 0.15) is 11.6 Å². The Morgan fingerprint density at radius 3 is 2.33 bits per heavy atom. The molecule has 0 heterocycles. The summed E-state index contributed by atoms with van der Waals surface area (Å²) in [4.78, 5) is 12.2. The summed E-state index contributed by atoms with van der Waals surface area (Å²) in [5, 5.41) is 2.70. The molecule has 0 radical (unpaired) electrons. The first-order valence-electron chi connectivity index (χ1n) is 7.59. The number of fused-ring (bicyclic) bond motifs is 3. The lowest BCUT2D eigenvalue weighted by molar-refractivity contribution is 0.102. The van der Waals surface area contributed by atoms with E-state index in [1.165, 1.54) is 11.1 Å². The maximum Gasteiger partial charge on any atom is 0.255 e. The van der Waals surface area contributed by atoms with Crippen LogP contribution in [0.15, 0.2) is 60.7 Å². The van der Waals surface area contributed by atoms with Crippen molar-refractivity contribution in [1.29, 1.82) is 0 Å². The summed E-state index contributed by atoms with van der Waals surface area (Å²) in [5.74, 6) is -2.09. The summed E-state index contributed by atoms with van der Waals surface area (Å²) >= 11 is 0. The first-order valence-corrected chi connectivity index (χ1v) is 7.59. The summed E-state index contributed by atoms with van der Waals surface area (Å²) < 4.78 is 26.5. The van der Waals surface area contributed by atoms with E-state index in [9.17, 15) is 13.6 Å². The molecule has 3 aromatic rings. The van der Waals surface area contributed by atoms with E-state index in [-0.39, 0.29) is 5.56 Å². The van der Waals surface area contributed by atoms with E-state index < -0.39 is 17.5 Å². The van der Waals surface area contributed by atoms with E-state index >= 15 is 0 Å². The number of amides is 1. The zero-order valence-electron chi connectivity index (χ0n) is 12.6. The molecule has 24 heavy (non-hydrogen) atoms. The maximum absolute atomic E-state index is 13.2. The van der Waals surface area contributed by atoms with Gasteiger partial charge >= 0.3 is 0 Å². The van der Waals surface area contributed by atoms with Crippen molar-refractivity contribution in [3.05, 3.63) is 89.0 Å². The standard InChI is InChI=1S/C20H13F2NO/c21-15-8-14(9-16(22)11-15)20(24)23-17-5-6-19-13(10-17)7-12-3-1-2-4-18(12)19/h1-6,8-11H,7H2,(H,23,24). The zero-order valence-corrected chi connectivity index (χ0v) is 12.6. The molecule has 2 nitrogen and oxygen atoms in total. The van der Waals surface area contributed by atoms with Crippen molar-refractivity contribution in [2.75, 3.05) is 5.32 Å². The van der Waals surface area contributed by atoms with Crippen molar-refractivity contribution in [1.82, 2.24) is 0 Å². The van der Waals surface area contributed by atoms with Gasteiger partial charge in [0, 0.05) is 17.3 Å². The van der Waals surface area contributed by atoms with E-state index in [4.69, 9.17) is 0 Å². The second-order valence-electron chi connectivity index (χ2n) is 5.82. The van der Waals surface area contributed by atoms with E-state index in [0.29, 0.717) is 5.69 Å². The first kappa shape index (κ1) is 14.6. The number of nitrogens with one attached hydrogen (secondary N) is 1. The van der Waals surface area contributed by atoms with Crippen LogP contribution in [0.4, 0.5) is 14.5 Å². The molecular formula is C20H13F2NO. The fourth-order valence-corrected chi connectivity index (χ4v) is 3.11. The molecular weight excluding hydrogens is 308 g/mol. The van der Waals surface area contributed by atoms with Crippen LogP contribution in [0, 0.1) is 11.6 Å². The zero-order chi connectivity index (χ0) is 16.7. The Morgan fingerprint density at radius 2 is 1.54 bits per heavy atom. The summed E-state index contributed by atoms with van der Waals surface area (Å²) in [5.41, 5.74) is 5.30. The quantitative estimate of drug-likeness (QED) is 0.565. The van der Waals surface area contributed by atoms with Gasteiger partial charge in [-0.2, -0.15) is 0 Å². The van der Waals surface area contributed by atoms with Gasteiger partial charge in [-0.1, -0.05) is 30.3 Å². The van der Waals surface area contributed by atoms with Gasteiger partial charge in [0.25, 0.3) is 5.91 Å². The number of benzene rings is 3. The largest absolute Gasteiger partial charge is 0.322 e. The molecule has 0 atom stereocenters. The monoisotopic (exact) mass is 321 g/mol. The molecule has 118 valence electrons. The number of hydrogen-bond acceptors (Lipinski definition) is 1. The van der Waals surface area contributed by atoms with Crippen molar-refractivity contribution in [3.63, 3.8) is 0 Å². The lowest BCUT2D eigenvalue weighted by atomic mass is 10.1. The van der Waals surface area contributed by atoms with Crippen LogP contribution in [0.5, 0.6) is 0 Å². The van der Waals surface area contributed by atoms with Gasteiger partial charge < -0.3 is 5.32 Å². The Hall–Kier alpha value is -3.01. The maximum atomic E-state index is 13.2. The van der Waals surface area contributed by atoms with Crippen molar-refractivity contribution in [3.8, 4) is 11.1 Å². The summed E-state index contributed by atoms with van der Waals surface area (Å²) in [6, 6.07) is 16.6. The number of rotatable bonds is 2. The van der Waals surface area contributed by atoms with Crippen LogP contribution in [0.3, 0.4) is 0 Å². The number of hydrogen-bond donors (Lipinski definition) is 1. The molecule has 0 aliphatic heterocycles. The molecule has 0 aromatic heterocycles. The molecule has 0 bridgehead atoms. The molecule has 1 amide bonds. The van der Waals surface area contributed by atoms with Crippen LogP contribution in [-0.2, 0) is 6.42 Å². The van der Waals surface area contributed by atoms with Crippen LogP contribution in [0.2, 0.25) is 0 Å². The molecule has 0 saturated heterocycles. The van der Waals surface area contributed by atoms with Gasteiger partial charge in [-0.3, -0.25) is 4.79 Å². The Morgan fingerprint density at radius 1 is 0.833 bits per heavy atom. The topological polar surface area (TPSA) is 29.1 Å². The van der Waals surface area contributed by atoms with E-state index in [1.54, 1.807) is 6.07 Å². The van der Waals surface area contributed by atoms with Crippen LogP contribution in [0.1, 0.15) is 21.5 Å². The summed E-state index contributed by atoms with van der Waals surface area (Å²) in [6.45, 7) is 0. The molecule has 0 fully saturated rings. The van der Waals surface area contributed by atoms with Gasteiger partial charge in [-0.25, -0.2) is 8.78 Å². The number of anilines is 1. The number of halogens is 2. The van der Waals surface area contributed by atoms with Crippen molar-refractivity contribution >= 4 is 11.6 Å². The third-order valence-corrected chi connectivity index (χ3v) is 4.18. The average Bonchev–Trinajstić information content (AvgIpc) is 2.91. The van der Waals surface area contributed by atoms with E-state index in [2.05, 4.69) is 17.4 Å². The SMILES string of the molecule is O=C(Nc1ccc2c(c1)Cc1ccccc1-2)c1cc(F)cc(F)c1. The molecule has 1 aliphatic carbocycles.